The molecule has 5 nitrogen and oxygen atoms in total. The normalized spacial score (nSPS) is 13.9. The molecule has 1 saturated carbocycles. The van der Waals surface area contributed by atoms with Crippen molar-refractivity contribution in [1.29, 1.82) is 5.41 Å². The van der Waals surface area contributed by atoms with Crippen molar-refractivity contribution in [3.05, 3.63) is 51.7 Å². The van der Waals surface area contributed by atoms with E-state index in [1.807, 2.05) is 22.9 Å². The Bertz CT molecular complexity index is 793. The molecule has 0 bridgehead atoms. The molecule has 0 aliphatic heterocycles. The van der Waals surface area contributed by atoms with Crippen molar-refractivity contribution < 1.29 is 9.53 Å². The number of methoxy groups -OCH3 is 1. The number of benzene rings is 1. The number of anilines is 1. The van der Waals surface area contributed by atoms with E-state index < -0.39 is 0 Å². The van der Waals surface area contributed by atoms with Gasteiger partial charge in [0.2, 0.25) is 0 Å². The van der Waals surface area contributed by atoms with Crippen LogP contribution in [0.3, 0.4) is 0 Å². The SMILES string of the molecule is COc1c(C(=O)NC2CC2)ccc(N)c1C(=N)/C=C/c1ccsc1. The predicted molar refractivity (Wildman–Crippen MR) is 98.1 cm³/mol. The number of allylic oxidation sites excluding steroid dienone is 1. The number of hydrogen-bond acceptors (Lipinski definition) is 5. The summed E-state index contributed by atoms with van der Waals surface area (Å²) in [6.45, 7) is 0. The maximum absolute atomic E-state index is 12.4. The lowest BCUT2D eigenvalue weighted by molar-refractivity contribution is 0.0948. The van der Waals surface area contributed by atoms with E-state index in [4.69, 9.17) is 15.9 Å². The molecule has 1 heterocycles. The van der Waals surface area contributed by atoms with Crippen LogP contribution >= 0.6 is 11.3 Å². The molecule has 0 spiro atoms. The van der Waals surface area contributed by atoms with E-state index >= 15 is 0 Å². The summed E-state index contributed by atoms with van der Waals surface area (Å²) in [5.74, 6) is 0.151. The average molecular weight is 341 g/mol. The van der Waals surface area contributed by atoms with E-state index in [0.717, 1.165) is 18.4 Å². The van der Waals surface area contributed by atoms with Crippen molar-refractivity contribution in [3.63, 3.8) is 0 Å². The highest BCUT2D eigenvalue weighted by atomic mass is 32.1. The van der Waals surface area contributed by atoms with Gasteiger partial charge in [-0.3, -0.25) is 4.79 Å². The lowest BCUT2D eigenvalue weighted by Crippen LogP contribution is -2.26. The van der Waals surface area contributed by atoms with Gasteiger partial charge < -0.3 is 21.2 Å². The average Bonchev–Trinajstić information content (AvgIpc) is 3.23. The molecular weight excluding hydrogens is 322 g/mol. The molecule has 1 aliphatic rings. The molecule has 1 aliphatic carbocycles. The topological polar surface area (TPSA) is 88.2 Å². The van der Waals surface area contributed by atoms with E-state index in [1.165, 1.54) is 7.11 Å². The van der Waals surface area contributed by atoms with Crippen molar-refractivity contribution in [2.24, 2.45) is 0 Å². The van der Waals surface area contributed by atoms with Gasteiger partial charge in [-0.05, 0) is 53.4 Å². The maximum atomic E-state index is 12.4. The molecule has 1 amide bonds. The molecule has 24 heavy (non-hydrogen) atoms. The zero-order valence-electron chi connectivity index (χ0n) is 13.3. The van der Waals surface area contributed by atoms with E-state index in [2.05, 4.69) is 5.32 Å². The highest BCUT2D eigenvalue weighted by Gasteiger charge is 2.26. The molecule has 1 fully saturated rings. The van der Waals surface area contributed by atoms with Crippen LogP contribution < -0.4 is 15.8 Å². The Kier molecular flexibility index (Phi) is 4.66. The number of nitrogens with one attached hydrogen (secondary N) is 2. The van der Waals surface area contributed by atoms with Crippen molar-refractivity contribution >= 4 is 34.7 Å². The zero-order valence-corrected chi connectivity index (χ0v) is 14.2. The fraction of sp³-hybridized carbons (Fsp3) is 0.222. The Morgan fingerprint density at radius 3 is 2.83 bits per heavy atom. The predicted octanol–water partition coefficient (Wildman–Crippen LogP) is 3.31. The van der Waals surface area contributed by atoms with Crippen LogP contribution in [0.1, 0.15) is 34.3 Å². The largest absolute Gasteiger partial charge is 0.495 e. The van der Waals surface area contributed by atoms with Crippen LogP contribution in [0.15, 0.2) is 35.0 Å². The zero-order chi connectivity index (χ0) is 17.1. The third-order valence-electron chi connectivity index (χ3n) is 3.81. The minimum atomic E-state index is -0.190. The Hall–Kier alpha value is -2.60. The van der Waals surface area contributed by atoms with Crippen molar-refractivity contribution in [3.8, 4) is 5.75 Å². The number of rotatable bonds is 6. The lowest BCUT2D eigenvalue weighted by atomic mass is 10.0. The Balaban J connectivity index is 1.93. The number of nitrogens with two attached hydrogens (primary N) is 1. The third-order valence-corrected chi connectivity index (χ3v) is 4.51. The molecule has 124 valence electrons. The summed E-state index contributed by atoms with van der Waals surface area (Å²) in [4.78, 5) is 12.4. The second-order valence-corrected chi connectivity index (χ2v) is 6.44. The van der Waals surface area contributed by atoms with E-state index in [-0.39, 0.29) is 17.7 Å². The van der Waals surface area contributed by atoms with E-state index in [0.29, 0.717) is 22.6 Å². The molecule has 0 saturated heterocycles. The molecule has 0 unspecified atom stereocenters. The Labute approximate surface area is 144 Å². The number of nitrogen functional groups attached to an aromatic ring is 1. The highest BCUT2D eigenvalue weighted by Crippen LogP contribution is 2.31. The highest BCUT2D eigenvalue weighted by molar-refractivity contribution is 7.08. The second kappa shape index (κ2) is 6.88. The molecule has 4 N–H and O–H groups in total. The van der Waals surface area contributed by atoms with Crippen LogP contribution in [-0.4, -0.2) is 24.8 Å². The van der Waals surface area contributed by atoms with Crippen LogP contribution in [0.4, 0.5) is 5.69 Å². The minimum absolute atomic E-state index is 0.190. The van der Waals surface area contributed by atoms with Crippen molar-refractivity contribution in [2.75, 3.05) is 12.8 Å². The lowest BCUT2D eigenvalue weighted by Gasteiger charge is -2.15. The fourth-order valence-corrected chi connectivity index (χ4v) is 3.02. The van der Waals surface area contributed by atoms with Crippen LogP contribution in [-0.2, 0) is 0 Å². The first-order chi connectivity index (χ1) is 11.6. The number of ether oxygens (including phenoxy) is 1. The minimum Gasteiger partial charge on any atom is -0.495 e. The van der Waals surface area contributed by atoms with Gasteiger partial charge in [-0.25, -0.2) is 0 Å². The fourth-order valence-electron chi connectivity index (χ4n) is 2.39. The van der Waals surface area contributed by atoms with Crippen molar-refractivity contribution in [1.82, 2.24) is 5.32 Å². The first-order valence-corrected chi connectivity index (χ1v) is 8.61. The van der Waals surface area contributed by atoms with Gasteiger partial charge in [0, 0.05) is 11.7 Å². The first-order valence-electron chi connectivity index (χ1n) is 7.66. The van der Waals surface area contributed by atoms with Gasteiger partial charge in [-0.2, -0.15) is 11.3 Å². The number of carbonyl (C=O) groups excluding carboxylic acids is 1. The molecule has 2 aromatic rings. The summed E-state index contributed by atoms with van der Waals surface area (Å²) in [7, 11) is 1.49. The van der Waals surface area contributed by atoms with Gasteiger partial charge >= 0.3 is 0 Å². The summed E-state index contributed by atoms with van der Waals surface area (Å²) in [5.41, 5.74) is 8.52. The Morgan fingerprint density at radius 1 is 1.42 bits per heavy atom. The van der Waals surface area contributed by atoms with Gasteiger partial charge in [0.25, 0.3) is 5.91 Å². The summed E-state index contributed by atoms with van der Waals surface area (Å²) in [5, 5.41) is 15.2. The molecule has 0 radical (unpaired) electrons. The number of hydrogen-bond donors (Lipinski definition) is 3. The summed E-state index contributed by atoms with van der Waals surface area (Å²) < 4.78 is 5.43. The standard InChI is InChI=1S/C18H19N3O2S/c1-23-17-13(18(22)21-12-3-4-12)5-7-15(20)16(17)14(19)6-2-11-8-9-24-10-11/h2,5-10,12,19H,3-4,20H2,1H3,(H,21,22)/b6-2+,19-14?. The van der Waals surface area contributed by atoms with Crippen LogP contribution in [0.2, 0.25) is 0 Å². The molecular formula is C18H19N3O2S. The monoisotopic (exact) mass is 341 g/mol. The summed E-state index contributed by atoms with van der Waals surface area (Å²) in [6, 6.07) is 5.51. The van der Waals surface area contributed by atoms with Crippen LogP contribution in [0.5, 0.6) is 5.75 Å². The van der Waals surface area contributed by atoms with Gasteiger partial charge in [-0.1, -0.05) is 6.08 Å². The number of amides is 1. The van der Waals surface area contributed by atoms with Crippen LogP contribution in [0.25, 0.3) is 6.08 Å². The molecule has 1 aromatic carbocycles. The van der Waals surface area contributed by atoms with Crippen molar-refractivity contribution in [2.45, 2.75) is 18.9 Å². The third kappa shape index (κ3) is 3.49. The Morgan fingerprint density at radius 2 is 2.21 bits per heavy atom. The molecule has 3 rings (SSSR count). The van der Waals surface area contributed by atoms with Gasteiger partial charge in [0.05, 0.1) is 23.9 Å². The first kappa shape index (κ1) is 16.3. The van der Waals surface area contributed by atoms with Gasteiger partial charge in [-0.15, -0.1) is 0 Å². The maximum Gasteiger partial charge on any atom is 0.255 e. The molecule has 6 heteroatoms. The van der Waals surface area contributed by atoms with Gasteiger partial charge in [0.1, 0.15) is 5.75 Å². The molecule has 1 aromatic heterocycles. The second-order valence-electron chi connectivity index (χ2n) is 5.66. The number of carbonyl (C=O) groups is 1. The number of thiophene rings is 1. The smallest absolute Gasteiger partial charge is 0.255 e. The quantitative estimate of drug-likeness (QED) is 0.556. The van der Waals surface area contributed by atoms with E-state index in [1.54, 1.807) is 29.5 Å². The summed E-state index contributed by atoms with van der Waals surface area (Å²) in [6.07, 6.45) is 5.53. The molecule has 0 atom stereocenters. The van der Waals surface area contributed by atoms with Crippen LogP contribution in [0, 0.1) is 5.41 Å². The van der Waals surface area contributed by atoms with Gasteiger partial charge in [0.15, 0.2) is 0 Å². The summed E-state index contributed by atoms with van der Waals surface area (Å²) >= 11 is 1.59. The van der Waals surface area contributed by atoms with E-state index in [9.17, 15) is 4.79 Å².